The Balaban J connectivity index is 3.27. The standard InChI is InChI=1S/C14H28O4/c1-14(2,3)8-6-4-5-7-13(16)18-12-11-17-10-9-15/h15H,4-12H2,1-3H3. The van der Waals surface area contributed by atoms with Crippen LogP contribution in [0.25, 0.3) is 0 Å². The molecule has 0 rings (SSSR count). The van der Waals surface area contributed by atoms with Gasteiger partial charge in [-0.25, -0.2) is 0 Å². The van der Waals surface area contributed by atoms with Crippen molar-refractivity contribution in [3.05, 3.63) is 0 Å². The van der Waals surface area contributed by atoms with E-state index in [1.165, 1.54) is 6.42 Å². The van der Waals surface area contributed by atoms with Crippen LogP contribution in [0.5, 0.6) is 0 Å². The van der Waals surface area contributed by atoms with Crippen LogP contribution < -0.4 is 0 Å². The molecular formula is C14H28O4. The average Bonchev–Trinajstić information content (AvgIpc) is 2.27. The maximum atomic E-state index is 11.3. The number of aliphatic hydroxyl groups is 1. The van der Waals surface area contributed by atoms with Crippen molar-refractivity contribution in [2.24, 2.45) is 5.41 Å². The number of esters is 1. The van der Waals surface area contributed by atoms with Gasteiger partial charge in [0.1, 0.15) is 6.61 Å². The monoisotopic (exact) mass is 260 g/mol. The van der Waals surface area contributed by atoms with Gasteiger partial charge in [-0.05, 0) is 18.3 Å². The molecule has 0 heterocycles. The van der Waals surface area contributed by atoms with E-state index in [0.717, 1.165) is 19.3 Å². The molecule has 108 valence electrons. The molecule has 1 N–H and O–H groups in total. The largest absolute Gasteiger partial charge is 0.463 e. The molecule has 0 radical (unpaired) electrons. The second kappa shape index (κ2) is 10.3. The van der Waals surface area contributed by atoms with Crippen LogP contribution in [0.4, 0.5) is 0 Å². The topological polar surface area (TPSA) is 55.8 Å². The fourth-order valence-electron chi connectivity index (χ4n) is 1.55. The molecule has 0 atom stereocenters. The molecule has 0 amide bonds. The van der Waals surface area contributed by atoms with E-state index >= 15 is 0 Å². The minimum Gasteiger partial charge on any atom is -0.463 e. The first-order valence-corrected chi connectivity index (χ1v) is 6.80. The summed E-state index contributed by atoms with van der Waals surface area (Å²) in [5.74, 6) is -0.154. The molecule has 0 aromatic heterocycles. The van der Waals surface area contributed by atoms with Crippen molar-refractivity contribution in [1.82, 2.24) is 0 Å². The highest BCUT2D eigenvalue weighted by molar-refractivity contribution is 5.69. The van der Waals surface area contributed by atoms with Crippen LogP contribution in [0.3, 0.4) is 0 Å². The van der Waals surface area contributed by atoms with Crippen molar-refractivity contribution in [3.8, 4) is 0 Å². The molecule has 0 fully saturated rings. The minimum atomic E-state index is -0.154. The number of ether oxygens (including phenoxy) is 2. The Morgan fingerprint density at radius 2 is 1.78 bits per heavy atom. The van der Waals surface area contributed by atoms with E-state index in [2.05, 4.69) is 20.8 Å². The second-order valence-electron chi connectivity index (χ2n) is 5.68. The zero-order valence-corrected chi connectivity index (χ0v) is 12.0. The predicted octanol–water partition coefficient (Wildman–Crippen LogP) is 2.54. The Labute approximate surface area is 111 Å². The summed E-state index contributed by atoms with van der Waals surface area (Å²) in [6.45, 7) is 7.62. The Morgan fingerprint density at radius 1 is 1.06 bits per heavy atom. The maximum absolute atomic E-state index is 11.3. The highest BCUT2D eigenvalue weighted by atomic mass is 16.6. The summed E-state index contributed by atoms with van der Waals surface area (Å²) in [6.07, 6.45) is 4.82. The van der Waals surface area contributed by atoms with Gasteiger partial charge in [-0.15, -0.1) is 0 Å². The quantitative estimate of drug-likeness (QED) is 0.484. The summed E-state index contributed by atoms with van der Waals surface area (Å²) < 4.78 is 9.98. The Kier molecular flexibility index (Phi) is 9.98. The van der Waals surface area contributed by atoms with E-state index in [0.29, 0.717) is 25.0 Å². The Bertz CT molecular complexity index is 208. The van der Waals surface area contributed by atoms with Gasteiger partial charge < -0.3 is 14.6 Å². The van der Waals surface area contributed by atoms with Crippen LogP contribution in [0.15, 0.2) is 0 Å². The van der Waals surface area contributed by atoms with Crippen LogP contribution in [-0.2, 0) is 14.3 Å². The smallest absolute Gasteiger partial charge is 0.305 e. The predicted molar refractivity (Wildman–Crippen MR) is 71.4 cm³/mol. The van der Waals surface area contributed by atoms with Crippen LogP contribution in [-0.4, -0.2) is 37.5 Å². The highest BCUT2D eigenvalue weighted by Crippen LogP contribution is 2.22. The molecule has 18 heavy (non-hydrogen) atoms. The molecule has 0 saturated carbocycles. The van der Waals surface area contributed by atoms with Gasteiger partial charge in [-0.2, -0.15) is 0 Å². The number of rotatable bonds is 10. The number of carbonyl (C=O) groups excluding carboxylic acids is 1. The average molecular weight is 260 g/mol. The van der Waals surface area contributed by atoms with Crippen molar-refractivity contribution in [1.29, 1.82) is 0 Å². The lowest BCUT2D eigenvalue weighted by Gasteiger charge is -2.17. The lowest BCUT2D eigenvalue weighted by atomic mass is 9.89. The van der Waals surface area contributed by atoms with Crippen molar-refractivity contribution in [3.63, 3.8) is 0 Å². The first kappa shape index (κ1) is 17.4. The first-order valence-electron chi connectivity index (χ1n) is 6.80. The number of unbranched alkanes of at least 4 members (excludes halogenated alkanes) is 2. The van der Waals surface area contributed by atoms with Gasteiger partial charge in [0.25, 0.3) is 0 Å². The first-order chi connectivity index (χ1) is 8.45. The molecule has 0 aliphatic rings. The number of aliphatic hydroxyl groups excluding tert-OH is 1. The molecule has 0 aliphatic carbocycles. The van der Waals surface area contributed by atoms with E-state index < -0.39 is 0 Å². The van der Waals surface area contributed by atoms with Crippen LogP contribution in [0.1, 0.15) is 52.9 Å². The minimum absolute atomic E-state index is 0.00171. The maximum Gasteiger partial charge on any atom is 0.305 e. The van der Waals surface area contributed by atoms with Gasteiger partial charge in [0.15, 0.2) is 0 Å². The summed E-state index contributed by atoms with van der Waals surface area (Å²) in [7, 11) is 0. The summed E-state index contributed by atoms with van der Waals surface area (Å²) in [5.41, 5.74) is 0.380. The summed E-state index contributed by atoms with van der Waals surface area (Å²) in [5, 5.41) is 8.47. The van der Waals surface area contributed by atoms with Crippen molar-refractivity contribution >= 4 is 5.97 Å². The van der Waals surface area contributed by atoms with Crippen molar-refractivity contribution in [2.75, 3.05) is 26.4 Å². The molecule has 0 bridgehead atoms. The Hall–Kier alpha value is -0.610. The molecular weight excluding hydrogens is 232 g/mol. The van der Waals surface area contributed by atoms with Gasteiger partial charge in [-0.1, -0.05) is 33.6 Å². The van der Waals surface area contributed by atoms with Crippen molar-refractivity contribution in [2.45, 2.75) is 52.9 Å². The zero-order valence-electron chi connectivity index (χ0n) is 12.0. The van der Waals surface area contributed by atoms with Crippen LogP contribution in [0.2, 0.25) is 0 Å². The van der Waals surface area contributed by atoms with Gasteiger partial charge in [-0.3, -0.25) is 4.79 Å². The van der Waals surface area contributed by atoms with E-state index in [1.807, 2.05) is 0 Å². The molecule has 0 saturated heterocycles. The second-order valence-corrected chi connectivity index (χ2v) is 5.68. The van der Waals surface area contributed by atoms with Gasteiger partial charge in [0.2, 0.25) is 0 Å². The number of hydrogen-bond acceptors (Lipinski definition) is 4. The molecule has 0 aliphatic heterocycles. The fourth-order valence-corrected chi connectivity index (χ4v) is 1.55. The molecule has 4 nitrogen and oxygen atoms in total. The van der Waals surface area contributed by atoms with E-state index in [1.54, 1.807) is 0 Å². The third kappa shape index (κ3) is 13.5. The highest BCUT2D eigenvalue weighted by Gasteiger charge is 2.09. The Morgan fingerprint density at radius 3 is 2.39 bits per heavy atom. The van der Waals surface area contributed by atoms with Gasteiger partial charge in [0, 0.05) is 6.42 Å². The molecule has 4 heteroatoms. The van der Waals surface area contributed by atoms with Crippen LogP contribution in [0, 0.1) is 5.41 Å². The summed E-state index contributed by atoms with van der Waals surface area (Å²) in [6, 6.07) is 0. The summed E-state index contributed by atoms with van der Waals surface area (Å²) in [4.78, 5) is 11.3. The fraction of sp³-hybridized carbons (Fsp3) is 0.929. The summed E-state index contributed by atoms with van der Waals surface area (Å²) >= 11 is 0. The van der Waals surface area contributed by atoms with Gasteiger partial charge >= 0.3 is 5.97 Å². The lowest BCUT2D eigenvalue weighted by molar-refractivity contribution is -0.145. The third-order valence-electron chi connectivity index (χ3n) is 2.53. The molecule has 0 unspecified atom stereocenters. The molecule has 0 aromatic carbocycles. The normalized spacial score (nSPS) is 11.6. The van der Waals surface area contributed by atoms with E-state index in [-0.39, 0.29) is 19.2 Å². The molecule has 0 spiro atoms. The van der Waals surface area contributed by atoms with E-state index in [9.17, 15) is 4.79 Å². The zero-order chi connectivity index (χ0) is 13.9. The van der Waals surface area contributed by atoms with E-state index in [4.69, 9.17) is 14.6 Å². The van der Waals surface area contributed by atoms with Crippen molar-refractivity contribution < 1.29 is 19.4 Å². The number of carbonyl (C=O) groups is 1. The lowest BCUT2D eigenvalue weighted by Crippen LogP contribution is -2.11. The SMILES string of the molecule is CC(C)(C)CCCCCC(=O)OCCOCCO. The van der Waals surface area contributed by atoms with Crippen LogP contribution >= 0.6 is 0 Å². The molecule has 0 aromatic rings. The number of hydrogen-bond donors (Lipinski definition) is 1. The third-order valence-corrected chi connectivity index (χ3v) is 2.53. The van der Waals surface area contributed by atoms with Gasteiger partial charge in [0.05, 0.1) is 19.8 Å².